The quantitative estimate of drug-likeness (QED) is 0.877. The van der Waals surface area contributed by atoms with Crippen LogP contribution in [-0.2, 0) is 4.74 Å². The summed E-state index contributed by atoms with van der Waals surface area (Å²) in [6.07, 6.45) is 1.34. The second-order valence-corrected chi connectivity index (χ2v) is 5.46. The summed E-state index contributed by atoms with van der Waals surface area (Å²) in [4.78, 5) is 15.7. The van der Waals surface area contributed by atoms with Gasteiger partial charge in [0.25, 0.3) is 0 Å². The summed E-state index contributed by atoms with van der Waals surface area (Å²) in [5.74, 6) is 0.213. The van der Waals surface area contributed by atoms with Gasteiger partial charge in [-0.15, -0.1) is 0 Å². The molecule has 1 aromatic rings. The highest BCUT2D eigenvalue weighted by molar-refractivity contribution is 5.83. The number of carbonyl (C=O) groups is 1. The molecule has 18 heavy (non-hydrogen) atoms. The number of rotatable bonds is 2. The van der Waals surface area contributed by atoms with E-state index in [-0.39, 0.29) is 11.7 Å². The fraction of sp³-hybridized carbons (Fsp3) is 0.538. The van der Waals surface area contributed by atoms with E-state index in [9.17, 15) is 9.18 Å². The maximum Gasteiger partial charge on any atom is 0.413 e. The number of nitrogens with one attached hydrogen (secondary N) is 1. The van der Waals surface area contributed by atoms with Crippen LogP contribution in [0.1, 0.15) is 45.2 Å². The van der Waals surface area contributed by atoms with Crippen molar-refractivity contribution in [2.24, 2.45) is 0 Å². The van der Waals surface area contributed by atoms with E-state index in [1.165, 1.54) is 12.1 Å². The van der Waals surface area contributed by atoms with E-state index in [0.717, 1.165) is 12.8 Å². The van der Waals surface area contributed by atoms with E-state index in [1.807, 2.05) is 0 Å². The van der Waals surface area contributed by atoms with E-state index in [2.05, 4.69) is 10.3 Å². The summed E-state index contributed by atoms with van der Waals surface area (Å²) in [7, 11) is 0. The summed E-state index contributed by atoms with van der Waals surface area (Å²) in [5, 5.41) is 2.51. The topological polar surface area (TPSA) is 51.2 Å². The summed E-state index contributed by atoms with van der Waals surface area (Å²) >= 11 is 0. The lowest BCUT2D eigenvalue weighted by Crippen LogP contribution is -2.27. The Hall–Kier alpha value is -1.65. The lowest BCUT2D eigenvalue weighted by molar-refractivity contribution is 0.0635. The third-order valence-electron chi connectivity index (χ3n) is 2.47. The zero-order valence-corrected chi connectivity index (χ0v) is 10.8. The number of nitrogens with zero attached hydrogens (tertiary/aromatic N) is 1. The summed E-state index contributed by atoms with van der Waals surface area (Å²) in [6, 6.07) is 2.76. The van der Waals surface area contributed by atoms with E-state index in [0.29, 0.717) is 11.5 Å². The highest BCUT2D eigenvalue weighted by Crippen LogP contribution is 2.40. The Balaban J connectivity index is 2.05. The molecular weight excluding hydrogens is 235 g/mol. The predicted octanol–water partition coefficient (Wildman–Crippen LogP) is 3.45. The molecule has 4 nitrogen and oxygen atoms in total. The maximum absolute atomic E-state index is 13.5. The number of hydrogen-bond donors (Lipinski definition) is 1. The number of anilines is 1. The number of ether oxygens (including phenoxy) is 1. The Morgan fingerprint density at radius 2 is 2.11 bits per heavy atom. The monoisotopic (exact) mass is 252 g/mol. The van der Waals surface area contributed by atoms with Gasteiger partial charge >= 0.3 is 6.09 Å². The Bertz CT molecular complexity index is 465. The first-order valence-corrected chi connectivity index (χ1v) is 6.01. The minimum absolute atomic E-state index is 0.199. The number of pyridine rings is 1. The van der Waals surface area contributed by atoms with Gasteiger partial charge in [0.15, 0.2) is 0 Å². The molecule has 1 N–H and O–H groups in total. The zero-order chi connectivity index (χ0) is 13.3. The van der Waals surface area contributed by atoms with Crippen molar-refractivity contribution < 1.29 is 13.9 Å². The van der Waals surface area contributed by atoms with Crippen LogP contribution in [-0.4, -0.2) is 16.7 Å². The molecule has 1 saturated carbocycles. The largest absolute Gasteiger partial charge is 0.444 e. The number of carbonyl (C=O) groups excluding carboxylic acids is 1. The molecule has 98 valence electrons. The van der Waals surface area contributed by atoms with Crippen molar-refractivity contribution in [3.8, 4) is 0 Å². The van der Waals surface area contributed by atoms with E-state index in [1.54, 1.807) is 20.8 Å². The molecule has 1 fully saturated rings. The van der Waals surface area contributed by atoms with E-state index < -0.39 is 11.7 Å². The van der Waals surface area contributed by atoms with Crippen molar-refractivity contribution >= 4 is 11.9 Å². The van der Waals surface area contributed by atoms with Crippen LogP contribution in [0.3, 0.4) is 0 Å². The van der Waals surface area contributed by atoms with E-state index in [4.69, 9.17) is 4.74 Å². The molecule has 0 radical (unpaired) electrons. The third-order valence-corrected chi connectivity index (χ3v) is 2.47. The molecule has 1 amide bonds. The molecule has 1 aliphatic rings. The van der Waals surface area contributed by atoms with Crippen molar-refractivity contribution in [2.45, 2.75) is 45.1 Å². The molecule has 0 saturated heterocycles. The first kappa shape index (κ1) is 12.8. The first-order valence-electron chi connectivity index (χ1n) is 6.01. The lowest BCUT2D eigenvalue weighted by atomic mass is 10.2. The fourth-order valence-electron chi connectivity index (χ4n) is 1.58. The number of halogens is 1. The molecule has 0 bridgehead atoms. The molecule has 0 spiro atoms. The average Bonchev–Trinajstić information content (AvgIpc) is 3.01. The van der Waals surface area contributed by atoms with Gasteiger partial charge in [0.2, 0.25) is 0 Å². The van der Waals surface area contributed by atoms with Gasteiger partial charge in [-0.3, -0.25) is 5.32 Å². The van der Waals surface area contributed by atoms with Gasteiger partial charge in [-0.25, -0.2) is 14.2 Å². The average molecular weight is 252 g/mol. The van der Waals surface area contributed by atoms with Gasteiger partial charge in [-0.2, -0.15) is 0 Å². The second kappa shape index (κ2) is 4.55. The van der Waals surface area contributed by atoms with Crippen LogP contribution in [0.5, 0.6) is 0 Å². The van der Waals surface area contributed by atoms with Crippen LogP contribution in [0.2, 0.25) is 0 Å². The smallest absolute Gasteiger partial charge is 0.413 e. The summed E-state index contributed by atoms with van der Waals surface area (Å²) in [5.41, 5.74) is -0.132. The van der Waals surface area contributed by atoms with Gasteiger partial charge in [-0.05, 0) is 45.7 Å². The lowest BCUT2D eigenvalue weighted by Gasteiger charge is -2.19. The van der Waals surface area contributed by atoms with Crippen molar-refractivity contribution in [1.82, 2.24) is 4.98 Å². The minimum atomic E-state index is -0.580. The first-order chi connectivity index (χ1) is 8.35. The number of hydrogen-bond acceptors (Lipinski definition) is 3. The molecule has 2 rings (SSSR count). The van der Waals surface area contributed by atoms with Crippen molar-refractivity contribution in [1.29, 1.82) is 0 Å². The normalized spacial score (nSPS) is 15.3. The zero-order valence-electron chi connectivity index (χ0n) is 10.8. The molecular formula is C13H17FN2O2. The van der Waals surface area contributed by atoms with Crippen molar-refractivity contribution in [3.05, 3.63) is 23.6 Å². The Labute approximate surface area is 106 Å². The van der Waals surface area contributed by atoms with Gasteiger partial charge in [0, 0.05) is 5.92 Å². The van der Waals surface area contributed by atoms with Crippen LogP contribution in [0.15, 0.2) is 12.1 Å². The summed E-state index contributed by atoms with van der Waals surface area (Å²) in [6.45, 7) is 5.33. The van der Waals surface area contributed by atoms with Crippen LogP contribution < -0.4 is 5.32 Å². The minimum Gasteiger partial charge on any atom is -0.444 e. The molecule has 1 heterocycles. The molecule has 1 aliphatic carbocycles. The maximum atomic E-state index is 13.5. The second-order valence-electron chi connectivity index (χ2n) is 5.46. The van der Waals surface area contributed by atoms with E-state index >= 15 is 0 Å². The van der Waals surface area contributed by atoms with Gasteiger partial charge in [0.05, 0.1) is 5.69 Å². The highest BCUT2D eigenvalue weighted by Gasteiger charge is 2.28. The van der Waals surface area contributed by atoms with Crippen LogP contribution in [0.4, 0.5) is 15.0 Å². The molecule has 0 unspecified atom stereocenters. The molecule has 5 heteroatoms. The van der Waals surface area contributed by atoms with Gasteiger partial charge in [0.1, 0.15) is 17.2 Å². The van der Waals surface area contributed by atoms with Gasteiger partial charge < -0.3 is 4.74 Å². The Morgan fingerprint density at radius 3 is 2.67 bits per heavy atom. The van der Waals surface area contributed by atoms with Crippen LogP contribution in [0, 0.1) is 5.82 Å². The summed E-state index contributed by atoms with van der Waals surface area (Å²) < 4.78 is 18.6. The van der Waals surface area contributed by atoms with Crippen molar-refractivity contribution in [2.75, 3.05) is 5.32 Å². The third kappa shape index (κ3) is 3.42. The standard InChI is InChI=1S/C13H17FN2O2/c1-13(2,3)18-12(17)16-10-7-6-9(14)11(15-10)8-4-5-8/h6-8H,4-5H2,1-3H3,(H,15,16,17). The Morgan fingerprint density at radius 1 is 1.44 bits per heavy atom. The SMILES string of the molecule is CC(C)(C)OC(=O)Nc1ccc(F)c(C2CC2)n1. The molecule has 0 aliphatic heterocycles. The highest BCUT2D eigenvalue weighted by atomic mass is 19.1. The molecule has 0 aromatic carbocycles. The van der Waals surface area contributed by atoms with Crippen molar-refractivity contribution in [3.63, 3.8) is 0 Å². The molecule has 0 atom stereocenters. The van der Waals surface area contributed by atoms with Gasteiger partial charge in [-0.1, -0.05) is 0 Å². The van der Waals surface area contributed by atoms with Crippen LogP contribution in [0.25, 0.3) is 0 Å². The number of aromatic nitrogens is 1. The fourth-order valence-corrected chi connectivity index (χ4v) is 1.58. The predicted molar refractivity (Wildman–Crippen MR) is 66.0 cm³/mol. The number of amides is 1. The van der Waals surface area contributed by atoms with Crippen LogP contribution >= 0.6 is 0 Å². The molecule has 1 aromatic heterocycles. The Kier molecular flexibility index (Phi) is 3.24.